The van der Waals surface area contributed by atoms with E-state index in [0.29, 0.717) is 5.75 Å². The van der Waals surface area contributed by atoms with Crippen molar-refractivity contribution in [3.8, 4) is 5.75 Å². The maximum Gasteiger partial charge on any atom is 0.119 e. The minimum atomic E-state index is -0.852. The quantitative estimate of drug-likeness (QED) is 0.651. The van der Waals surface area contributed by atoms with Crippen LogP contribution in [0.3, 0.4) is 0 Å². The molecule has 0 radical (unpaired) electrons. The Kier molecular flexibility index (Phi) is 6.21. The Bertz CT molecular complexity index is 875. The van der Waals surface area contributed by atoms with E-state index in [1.165, 1.54) is 35.1 Å². The molecule has 0 fully saturated rings. The second kappa shape index (κ2) is 8.33. The van der Waals surface area contributed by atoms with Crippen LogP contribution in [0.1, 0.15) is 69.7 Å². The predicted octanol–water partition coefficient (Wildman–Crippen LogP) is 5.33. The van der Waals surface area contributed by atoms with Crippen LogP contribution in [0.5, 0.6) is 5.75 Å². The van der Waals surface area contributed by atoms with E-state index in [4.69, 9.17) is 9.84 Å². The van der Waals surface area contributed by atoms with E-state index in [2.05, 4.69) is 58.9 Å². The Hall–Kier alpha value is -2.10. The predicted molar refractivity (Wildman–Crippen MR) is 120 cm³/mol. The average molecular weight is 395 g/mol. The summed E-state index contributed by atoms with van der Waals surface area (Å²) in [6, 6.07) is 14.8. The molecule has 0 amide bonds. The van der Waals surface area contributed by atoms with E-state index >= 15 is 0 Å². The van der Waals surface area contributed by atoms with E-state index in [1.807, 2.05) is 24.3 Å². The number of aliphatic hydroxyl groups excluding tert-OH is 2. The molecule has 1 atom stereocenters. The van der Waals surface area contributed by atoms with Crippen molar-refractivity contribution in [3.63, 3.8) is 0 Å². The Morgan fingerprint density at radius 3 is 2.24 bits per heavy atom. The molecule has 0 saturated carbocycles. The fourth-order valence-electron chi connectivity index (χ4n) is 4.07. The van der Waals surface area contributed by atoms with Crippen LogP contribution in [0.4, 0.5) is 0 Å². The molecule has 3 heteroatoms. The highest BCUT2D eigenvalue weighted by atomic mass is 16.5. The molecule has 0 bridgehead atoms. The minimum Gasteiger partial charge on any atom is -0.491 e. The Morgan fingerprint density at radius 1 is 1.00 bits per heavy atom. The zero-order chi connectivity index (χ0) is 21.2. The van der Waals surface area contributed by atoms with Crippen LogP contribution in [-0.4, -0.2) is 29.5 Å². The van der Waals surface area contributed by atoms with E-state index in [9.17, 15) is 5.11 Å². The molecule has 0 heterocycles. The van der Waals surface area contributed by atoms with Gasteiger partial charge in [-0.2, -0.15) is 0 Å². The summed E-state index contributed by atoms with van der Waals surface area (Å²) in [5.41, 5.74) is 7.01. The van der Waals surface area contributed by atoms with Crippen LogP contribution >= 0.6 is 0 Å². The number of rotatable bonds is 6. The topological polar surface area (TPSA) is 49.7 Å². The summed E-state index contributed by atoms with van der Waals surface area (Å²) in [6.45, 7) is 11.4. The number of benzene rings is 2. The summed E-state index contributed by atoms with van der Waals surface area (Å²) in [6.07, 6.45) is 3.78. The van der Waals surface area contributed by atoms with Gasteiger partial charge in [-0.25, -0.2) is 0 Å². The Morgan fingerprint density at radius 2 is 1.62 bits per heavy atom. The van der Waals surface area contributed by atoms with Crippen molar-refractivity contribution in [2.75, 3.05) is 13.2 Å². The lowest BCUT2D eigenvalue weighted by atomic mass is 9.63. The van der Waals surface area contributed by atoms with Crippen molar-refractivity contribution < 1.29 is 14.9 Å². The van der Waals surface area contributed by atoms with Crippen LogP contribution < -0.4 is 4.74 Å². The standard InChI is InChI=1S/C26H34O3/c1-18(14-19-6-9-22(10-7-19)29-17-21(28)16-27)20-8-11-23-24(15-20)26(4,5)13-12-25(23,2)3/h6-11,14-15,21,27-28H,12-13,16-17H2,1-5H3. The molecule has 1 unspecified atom stereocenters. The molecule has 2 aromatic rings. The summed E-state index contributed by atoms with van der Waals surface area (Å²) >= 11 is 0. The van der Waals surface area contributed by atoms with Crippen LogP contribution in [0.15, 0.2) is 42.5 Å². The van der Waals surface area contributed by atoms with E-state index in [1.54, 1.807) is 0 Å². The maximum atomic E-state index is 9.39. The monoisotopic (exact) mass is 394 g/mol. The summed E-state index contributed by atoms with van der Waals surface area (Å²) in [4.78, 5) is 0. The maximum absolute atomic E-state index is 9.39. The smallest absolute Gasteiger partial charge is 0.119 e. The first-order chi connectivity index (χ1) is 13.6. The van der Waals surface area contributed by atoms with Gasteiger partial charge in [0, 0.05) is 0 Å². The number of allylic oxidation sites excluding steroid dienone is 1. The molecular formula is C26H34O3. The molecule has 156 valence electrons. The molecule has 2 aromatic carbocycles. The molecule has 0 spiro atoms. The van der Waals surface area contributed by atoms with Crippen molar-refractivity contribution in [1.29, 1.82) is 0 Å². The fraction of sp³-hybridized carbons (Fsp3) is 0.462. The Labute approximate surface area is 175 Å². The van der Waals surface area contributed by atoms with E-state index in [-0.39, 0.29) is 24.0 Å². The van der Waals surface area contributed by atoms with Gasteiger partial charge in [-0.05, 0) is 70.6 Å². The van der Waals surface area contributed by atoms with Gasteiger partial charge >= 0.3 is 0 Å². The minimum absolute atomic E-state index is 0.0893. The second-order valence-electron chi connectivity index (χ2n) is 9.57. The van der Waals surface area contributed by atoms with E-state index < -0.39 is 6.10 Å². The third kappa shape index (κ3) is 4.91. The molecule has 0 saturated heterocycles. The van der Waals surface area contributed by atoms with Crippen LogP contribution in [0, 0.1) is 0 Å². The molecule has 0 aliphatic heterocycles. The largest absolute Gasteiger partial charge is 0.491 e. The lowest BCUT2D eigenvalue weighted by Gasteiger charge is -2.42. The van der Waals surface area contributed by atoms with Gasteiger partial charge in [-0.15, -0.1) is 0 Å². The van der Waals surface area contributed by atoms with Gasteiger partial charge in [0.25, 0.3) is 0 Å². The first-order valence-corrected chi connectivity index (χ1v) is 10.5. The first-order valence-electron chi connectivity index (χ1n) is 10.5. The lowest BCUT2D eigenvalue weighted by molar-refractivity contribution is 0.0536. The van der Waals surface area contributed by atoms with Crippen molar-refractivity contribution in [2.45, 2.75) is 64.4 Å². The number of hydrogen-bond acceptors (Lipinski definition) is 3. The van der Waals surface area contributed by atoms with Gasteiger partial charge in [0.15, 0.2) is 0 Å². The van der Waals surface area contributed by atoms with Crippen molar-refractivity contribution in [2.24, 2.45) is 0 Å². The van der Waals surface area contributed by atoms with E-state index in [0.717, 1.165) is 5.56 Å². The third-order valence-electron chi connectivity index (χ3n) is 6.22. The SMILES string of the molecule is CC(=Cc1ccc(OCC(O)CO)cc1)c1ccc2c(c1)C(C)(C)CCC2(C)C. The van der Waals surface area contributed by atoms with Gasteiger partial charge < -0.3 is 14.9 Å². The van der Waals surface area contributed by atoms with Gasteiger partial charge in [0.05, 0.1) is 6.61 Å². The van der Waals surface area contributed by atoms with Crippen molar-refractivity contribution in [3.05, 3.63) is 64.7 Å². The van der Waals surface area contributed by atoms with Crippen LogP contribution in [0.2, 0.25) is 0 Å². The zero-order valence-electron chi connectivity index (χ0n) is 18.3. The van der Waals surface area contributed by atoms with Crippen molar-refractivity contribution >= 4 is 11.6 Å². The van der Waals surface area contributed by atoms with Crippen molar-refractivity contribution in [1.82, 2.24) is 0 Å². The molecule has 1 aliphatic carbocycles. The summed E-state index contributed by atoms with van der Waals surface area (Å²) in [5.74, 6) is 0.685. The number of hydrogen-bond donors (Lipinski definition) is 2. The highest BCUT2D eigenvalue weighted by Crippen LogP contribution is 2.46. The van der Waals surface area contributed by atoms with Gasteiger partial charge in [-0.1, -0.05) is 64.1 Å². The van der Waals surface area contributed by atoms with Gasteiger partial charge in [-0.3, -0.25) is 0 Å². The molecular weight excluding hydrogens is 360 g/mol. The molecule has 1 aliphatic rings. The molecule has 0 aromatic heterocycles. The molecule has 3 nitrogen and oxygen atoms in total. The number of fused-ring (bicyclic) bond motifs is 1. The lowest BCUT2D eigenvalue weighted by Crippen LogP contribution is -2.33. The summed E-state index contributed by atoms with van der Waals surface area (Å²) in [7, 11) is 0. The molecule has 2 N–H and O–H groups in total. The molecule has 3 rings (SSSR count). The zero-order valence-corrected chi connectivity index (χ0v) is 18.3. The average Bonchev–Trinajstić information content (AvgIpc) is 2.70. The first kappa shape index (κ1) is 21.6. The number of ether oxygens (including phenoxy) is 1. The summed E-state index contributed by atoms with van der Waals surface area (Å²) in [5, 5.41) is 18.2. The highest BCUT2D eigenvalue weighted by molar-refractivity contribution is 5.80. The fourth-order valence-corrected chi connectivity index (χ4v) is 4.07. The van der Waals surface area contributed by atoms with Gasteiger partial charge in [0.1, 0.15) is 18.5 Å². The normalized spacial score (nSPS) is 18.8. The van der Waals surface area contributed by atoms with Crippen LogP contribution in [0.25, 0.3) is 11.6 Å². The second-order valence-corrected chi connectivity index (χ2v) is 9.57. The third-order valence-corrected chi connectivity index (χ3v) is 6.22. The summed E-state index contributed by atoms with van der Waals surface area (Å²) < 4.78 is 5.48. The number of aliphatic hydroxyl groups is 2. The van der Waals surface area contributed by atoms with Crippen LogP contribution in [-0.2, 0) is 10.8 Å². The Balaban J connectivity index is 1.82. The van der Waals surface area contributed by atoms with Gasteiger partial charge in [0.2, 0.25) is 0 Å². The highest BCUT2D eigenvalue weighted by Gasteiger charge is 2.36. The molecule has 29 heavy (non-hydrogen) atoms.